The van der Waals surface area contributed by atoms with Crippen molar-refractivity contribution in [3.63, 3.8) is 0 Å². The molecule has 1 aliphatic rings. The molecule has 1 heterocycles. The number of esters is 2. The van der Waals surface area contributed by atoms with E-state index in [4.69, 9.17) is 13.9 Å². The molecule has 0 radical (unpaired) electrons. The quantitative estimate of drug-likeness (QED) is 0.177. The molecule has 2 aromatic carbocycles. The maximum atomic E-state index is 14.1. The maximum Gasteiger partial charge on any atom is 0.334 e. The Kier molecular flexibility index (Phi) is 12.5. The van der Waals surface area contributed by atoms with Gasteiger partial charge >= 0.3 is 11.9 Å². The van der Waals surface area contributed by atoms with E-state index < -0.39 is 38.6 Å². The maximum absolute atomic E-state index is 14.1. The summed E-state index contributed by atoms with van der Waals surface area (Å²) in [6.45, 7) is 17.8. The number of ether oxygens (including phenoxy) is 2. The number of Topliss-reactive ketones (excluding diaryl/α,β-unsaturated/α-hetero) is 1. The second-order valence-electron chi connectivity index (χ2n) is 13.4. The summed E-state index contributed by atoms with van der Waals surface area (Å²) in [7, 11) is -3.19. The van der Waals surface area contributed by atoms with Crippen LogP contribution in [0.4, 0.5) is 0 Å². The van der Waals surface area contributed by atoms with Crippen LogP contribution in [0.25, 0.3) is 0 Å². The molecule has 45 heavy (non-hydrogen) atoms. The number of rotatable bonds is 8. The van der Waals surface area contributed by atoms with Gasteiger partial charge in [0.25, 0.3) is 8.32 Å². The minimum atomic E-state index is -3.19. The zero-order valence-corrected chi connectivity index (χ0v) is 29.4. The Bertz CT molecular complexity index is 1380. The zero-order valence-electron chi connectivity index (χ0n) is 28.4. The fourth-order valence-electron chi connectivity index (χ4n) is 5.69. The van der Waals surface area contributed by atoms with Crippen molar-refractivity contribution in [1.29, 1.82) is 0 Å². The molecule has 0 N–H and O–H groups in total. The summed E-state index contributed by atoms with van der Waals surface area (Å²) in [6, 6.07) is 20.4. The molecule has 3 atom stereocenters. The summed E-state index contributed by atoms with van der Waals surface area (Å²) in [4.78, 5) is 40.3. The highest BCUT2D eigenvalue weighted by molar-refractivity contribution is 6.99. The molecule has 7 heteroatoms. The Balaban J connectivity index is 2.33. The third kappa shape index (κ3) is 8.80. The third-order valence-electron chi connectivity index (χ3n) is 8.39. The molecule has 242 valence electrons. The van der Waals surface area contributed by atoms with Crippen LogP contribution in [-0.2, 0) is 28.3 Å². The molecule has 0 spiro atoms. The van der Waals surface area contributed by atoms with Crippen molar-refractivity contribution in [2.45, 2.75) is 105 Å². The summed E-state index contributed by atoms with van der Waals surface area (Å²) in [5.41, 5.74) is 1.98. The fourth-order valence-corrected chi connectivity index (χ4v) is 10.4. The Labute approximate surface area is 270 Å². The third-order valence-corrected chi connectivity index (χ3v) is 13.4. The molecule has 3 rings (SSSR count). The van der Waals surface area contributed by atoms with Gasteiger partial charge in [-0.2, -0.15) is 0 Å². The molecule has 0 aliphatic carbocycles. The normalized spacial score (nSPS) is 20.8. The van der Waals surface area contributed by atoms with E-state index in [0.29, 0.717) is 12.0 Å². The molecule has 0 saturated heterocycles. The molecular weight excluding hydrogens is 580 g/mol. The van der Waals surface area contributed by atoms with E-state index in [0.717, 1.165) is 21.5 Å². The minimum absolute atomic E-state index is 0.0491. The van der Waals surface area contributed by atoms with E-state index in [2.05, 4.69) is 45.0 Å². The van der Waals surface area contributed by atoms with Crippen LogP contribution in [-0.4, -0.2) is 44.4 Å². The Morgan fingerprint density at radius 1 is 0.956 bits per heavy atom. The average molecular weight is 631 g/mol. The molecule has 0 saturated carbocycles. The number of carbonyl (C=O) groups is 3. The van der Waals surface area contributed by atoms with E-state index in [-0.39, 0.29) is 29.6 Å². The summed E-state index contributed by atoms with van der Waals surface area (Å²) in [6.07, 6.45) is 3.31. The van der Waals surface area contributed by atoms with Gasteiger partial charge in [0.2, 0.25) is 0 Å². The van der Waals surface area contributed by atoms with E-state index in [1.165, 1.54) is 0 Å². The number of hydrogen-bond acceptors (Lipinski definition) is 6. The van der Waals surface area contributed by atoms with Crippen LogP contribution in [0.2, 0.25) is 5.04 Å². The van der Waals surface area contributed by atoms with E-state index in [9.17, 15) is 14.4 Å². The van der Waals surface area contributed by atoms with Crippen LogP contribution < -0.4 is 10.4 Å². The van der Waals surface area contributed by atoms with Crippen LogP contribution in [0.1, 0.15) is 81.6 Å². The van der Waals surface area contributed by atoms with Gasteiger partial charge in [-0.05, 0) is 60.2 Å². The summed E-state index contributed by atoms with van der Waals surface area (Å²) >= 11 is 0. The molecule has 2 aromatic rings. The molecule has 0 unspecified atom stereocenters. The lowest BCUT2D eigenvalue weighted by molar-refractivity contribution is -0.160. The van der Waals surface area contributed by atoms with Crippen molar-refractivity contribution in [2.75, 3.05) is 0 Å². The number of carbonyl (C=O) groups excluding carboxylic acids is 3. The Morgan fingerprint density at radius 3 is 2.00 bits per heavy atom. The minimum Gasteiger partial charge on any atom is -0.454 e. The van der Waals surface area contributed by atoms with Gasteiger partial charge in [0.15, 0.2) is 11.9 Å². The van der Waals surface area contributed by atoms with Crippen LogP contribution in [0.3, 0.4) is 0 Å². The van der Waals surface area contributed by atoms with Crippen molar-refractivity contribution >= 4 is 36.4 Å². The van der Waals surface area contributed by atoms with E-state index >= 15 is 0 Å². The van der Waals surface area contributed by atoms with E-state index in [1.54, 1.807) is 13.0 Å². The second kappa shape index (κ2) is 15.6. The van der Waals surface area contributed by atoms with Crippen LogP contribution in [0, 0.1) is 5.92 Å². The van der Waals surface area contributed by atoms with Crippen LogP contribution in [0.5, 0.6) is 0 Å². The predicted molar refractivity (Wildman–Crippen MR) is 183 cm³/mol. The van der Waals surface area contributed by atoms with Crippen LogP contribution >= 0.6 is 0 Å². The lowest BCUT2D eigenvalue weighted by Crippen LogP contribution is -2.69. The van der Waals surface area contributed by atoms with Crippen molar-refractivity contribution in [3.8, 4) is 0 Å². The molecular formula is C38H50O6Si. The average Bonchev–Trinajstić information content (AvgIpc) is 3.00. The lowest BCUT2D eigenvalue weighted by Gasteiger charge is -2.46. The second-order valence-corrected chi connectivity index (χ2v) is 17.6. The molecule has 0 aromatic heterocycles. The largest absolute Gasteiger partial charge is 0.454 e. The summed E-state index contributed by atoms with van der Waals surface area (Å²) < 4.78 is 19.5. The van der Waals surface area contributed by atoms with Gasteiger partial charge in [0.1, 0.15) is 12.2 Å². The molecule has 6 nitrogen and oxygen atoms in total. The SMILES string of the molecule is CC=C(C)[C@H]1CC=C(C)[C@@H](O[Si](c2ccccc2)(c2ccccc2)C(C)(C)C)[C@H](OC(=O)CC(C)C)C(=O)CC=C(C)C(=O)O1. The van der Waals surface area contributed by atoms with Crippen LogP contribution in [0.15, 0.2) is 95.6 Å². The number of cyclic esters (lactones) is 1. The predicted octanol–water partition coefficient (Wildman–Crippen LogP) is 7.02. The first-order chi connectivity index (χ1) is 21.2. The number of benzene rings is 2. The molecule has 0 bridgehead atoms. The summed E-state index contributed by atoms with van der Waals surface area (Å²) in [5.74, 6) is -1.22. The first-order valence-electron chi connectivity index (χ1n) is 15.9. The Morgan fingerprint density at radius 2 is 1.51 bits per heavy atom. The van der Waals surface area contributed by atoms with Crippen molar-refractivity contribution in [1.82, 2.24) is 0 Å². The first-order valence-corrected chi connectivity index (χ1v) is 17.8. The smallest absolute Gasteiger partial charge is 0.334 e. The highest BCUT2D eigenvalue weighted by Crippen LogP contribution is 2.39. The number of hydrogen-bond donors (Lipinski definition) is 0. The van der Waals surface area contributed by atoms with Gasteiger partial charge in [0, 0.05) is 24.8 Å². The van der Waals surface area contributed by atoms with Gasteiger partial charge in [-0.1, -0.05) is 114 Å². The van der Waals surface area contributed by atoms with Gasteiger partial charge < -0.3 is 13.9 Å². The highest BCUT2D eigenvalue weighted by Gasteiger charge is 2.53. The van der Waals surface area contributed by atoms with Gasteiger partial charge in [0.05, 0.1) is 0 Å². The number of ketones is 1. The monoisotopic (exact) mass is 630 g/mol. The van der Waals surface area contributed by atoms with Gasteiger partial charge in [-0.3, -0.25) is 9.59 Å². The van der Waals surface area contributed by atoms with E-state index in [1.807, 2.05) is 83.2 Å². The first kappa shape index (κ1) is 35.9. The standard InChI is InChI=1S/C38H50O6Si/c1-10-27(4)33-24-22-28(5)35(36(43-34(40)25-26(2)3)32(39)23-21-29(6)37(41)42-33)44-45(38(7,8)9,30-17-13-11-14-18-30)31-19-15-12-16-20-31/h10-22,26,33,35-36H,23-25H2,1-9H3/t33-,35-,36-/m1/s1. The Hall–Kier alpha value is -3.55. The number of allylic oxidation sites excluding steroid dienone is 2. The van der Waals surface area contributed by atoms with Crippen molar-refractivity contribution in [2.24, 2.45) is 5.92 Å². The van der Waals surface area contributed by atoms with Gasteiger partial charge in [-0.25, -0.2) is 4.79 Å². The zero-order chi connectivity index (χ0) is 33.4. The van der Waals surface area contributed by atoms with Crippen molar-refractivity contribution in [3.05, 3.63) is 95.6 Å². The van der Waals surface area contributed by atoms with Crippen molar-refractivity contribution < 1.29 is 28.3 Å². The highest BCUT2D eigenvalue weighted by atomic mass is 28.4. The molecule has 0 amide bonds. The lowest BCUT2D eigenvalue weighted by atomic mass is 9.97. The van der Waals surface area contributed by atoms with Gasteiger partial charge in [-0.15, -0.1) is 0 Å². The topological polar surface area (TPSA) is 78.9 Å². The fraction of sp³-hybridized carbons (Fsp3) is 0.447. The molecule has 0 fully saturated rings. The summed E-state index contributed by atoms with van der Waals surface area (Å²) in [5, 5.41) is 1.72. The molecule has 1 aliphatic heterocycles.